The van der Waals surface area contributed by atoms with Crippen LogP contribution in [0.2, 0.25) is 0 Å². The summed E-state index contributed by atoms with van der Waals surface area (Å²) in [6.07, 6.45) is 7.11. The molecule has 4 aromatic heterocycles. The van der Waals surface area contributed by atoms with E-state index >= 15 is 0 Å². The largest absolute Gasteiger partial charge is 0.466 e. The molecule has 2 amide bonds. The lowest BCUT2D eigenvalue weighted by molar-refractivity contribution is -0.143. The summed E-state index contributed by atoms with van der Waals surface area (Å²) in [5, 5.41) is 8.15. The van der Waals surface area contributed by atoms with Gasteiger partial charge in [-0.2, -0.15) is 5.10 Å². The average molecular weight is 755 g/mol. The predicted molar refractivity (Wildman–Crippen MR) is 211 cm³/mol. The van der Waals surface area contributed by atoms with E-state index in [1.165, 1.54) is 23.3 Å². The van der Waals surface area contributed by atoms with Crippen LogP contribution in [-0.2, 0) is 29.0 Å². The number of benzene rings is 1. The third-order valence-electron chi connectivity index (χ3n) is 8.94. The molecule has 12 nitrogen and oxygen atoms in total. The predicted octanol–water partition coefficient (Wildman–Crippen LogP) is 7.62. The van der Waals surface area contributed by atoms with Crippen molar-refractivity contribution in [2.75, 3.05) is 29.1 Å². The van der Waals surface area contributed by atoms with E-state index in [-0.39, 0.29) is 23.2 Å². The second-order valence-electron chi connectivity index (χ2n) is 14.2. The fourth-order valence-electron chi connectivity index (χ4n) is 6.33. The highest BCUT2D eigenvalue weighted by Gasteiger charge is 2.26. The van der Waals surface area contributed by atoms with Gasteiger partial charge >= 0.3 is 5.97 Å². The number of esters is 1. The summed E-state index contributed by atoms with van der Waals surface area (Å²) in [5.41, 5.74) is 6.22. The van der Waals surface area contributed by atoms with Crippen molar-refractivity contribution in [3.05, 3.63) is 82.9 Å². The molecular formula is C39H46N8O4S2. The Hall–Kier alpha value is -4.82. The van der Waals surface area contributed by atoms with Crippen LogP contribution >= 0.6 is 23.3 Å². The van der Waals surface area contributed by atoms with Crippen LogP contribution in [0.15, 0.2) is 54.9 Å². The number of hydrogen-bond acceptors (Lipinski definition) is 11. The van der Waals surface area contributed by atoms with Gasteiger partial charge in [0.05, 0.1) is 12.8 Å². The molecule has 0 aliphatic carbocycles. The molecule has 5 heterocycles. The zero-order valence-electron chi connectivity index (χ0n) is 30.9. The maximum atomic E-state index is 13.9. The Morgan fingerprint density at radius 2 is 1.85 bits per heavy atom. The number of pyridine rings is 2. The number of anilines is 2. The Bertz CT molecular complexity index is 2070. The van der Waals surface area contributed by atoms with Crippen LogP contribution in [0.25, 0.3) is 21.5 Å². The Labute approximate surface area is 318 Å². The van der Waals surface area contributed by atoms with E-state index in [1.54, 1.807) is 13.1 Å². The number of rotatable bonds is 14. The summed E-state index contributed by atoms with van der Waals surface area (Å²) >= 11 is 2.68. The van der Waals surface area contributed by atoms with Gasteiger partial charge in [-0.1, -0.05) is 62.6 Å². The fourth-order valence-corrected chi connectivity index (χ4v) is 7.81. The summed E-state index contributed by atoms with van der Waals surface area (Å²) in [5.74, 6) is 0.663. The van der Waals surface area contributed by atoms with Crippen LogP contribution in [0.5, 0.6) is 0 Å². The monoisotopic (exact) mass is 754 g/mol. The summed E-state index contributed by atoms with van der Waals surface area (Å²) in [4.78, 5) is 55.9. The van der Waals surface area contributed by atoms with Crippen LogP contribution < -0.4 is 14.9 Å². The normalized spacial score (nSPS) is 12.8. The molecule has 5 aromatic rings. The minimum Gasteiger partial charge on any atom is -0.466 e. The molecule has 0 fully saturated rings. The van der Waals surface area contributed by atoms with Crippen LogP contribution in [-0.4, -0.2) is 61.4 Å². The van der Waals surface area contributed by atoms with Crippen molar-refractivity contribution in [1.29, 1.82) is 0 Å². The van der Waals surface area contributed by atoms with E-state index in [1.807, 2.05) is 54.2 Å². The summed E-state index contributed by atoms with van der Waals surface area (Å²) in [7, 11) is 0. The minimum atomic E-state index is -0.288. The van der Waals surface area contributed by atoms with E-state index < -0.39 is 0 Å². The lowest BCUT2D eigenvalue weighted by Crippen LogP contribution is -2.33. The van der Waals surface area contributed by atoms with Gasteiger partial charge in [0.2, 0.25) is 0 Å². The highest BCUT2D eigenvalue weighted by molar-refractivity contribution is 7.97. The molecule has 0 spiro atoms. The van der Waals surface area contributed by atoms with Gasteiger partial charge in [-0.15, -0.1) is 0 Å². The molecule has 0 radical (unpaired) electrons. The molecule has 0 unspecified atom stereocenters. The van der Waals surface area contributed by atoms with Crippen molar-refractivity contribution in [3.8, 4) is 11.1 Å². The number of unbranched alkanes of at least 4 members (excludes halogenated alkanes) is 2. The van der Waals surface area contributed by atoms with Crippen LogP contribution in [0.4, 0.5) is 10.9 Å². The molecule has 278 valence electrons. The molecule has 6 rings (SSSR count). The van der Waals surface area contributed by atoms with Crippen molar-refractivity contribution in [3.63, 3.8) is 0 Å². The molecule has 0 saturated carbocycles. The topological polar surface area (TPSA) is 144 Å². The number of nitrogens with zero attached hydrogens (tertiary/aromatic N) is 6. The molecule has 2 N–H and O–H groups in total. The van der Waals surface area contributed by atoms with Gasteiger partial charge in [0.25, 0.3) is 11.8 Å². The third kappa shape index (κ3) is 9.41. The first-order valence-corrected chi connectivity index (χ1v) is 19.8. The Morgan fingerprint density at radius 1 is 1.00 bits per heavy atom. The molecule has 0 bridgehead atoms. The number of ether oxygens (including phenoxy) is 1. The molecule has 0 saturated heterocycles. The molecule has 1 aromatic carbocycles. The van der Waals surface area contributed by atoms with Crippen molar-refractivity contribution < 1.29 is 19.1 Å². The van der Waals surface area contributed by atoms with E-state index in [9.17, 15) is 14.4 Å². The first-order chi connectivity index (χ1) is 25.5. The maximum Gasteiger partial charge on any atom is 0.305 e. The van der Waals surface area contributed by atoms with Crippen molar-refractivity contribution in [2.45, 2.75) is 79.8 Å². The Balaban J connectivity index is 1.21. The standard InChI is InChI=1S/C39H46N8O4S2/c1-6-51-33(48)15-8-7-9-21-52-45-36(50)34-27(29-22-41-47(25(29)2)24-39(3,4)5)16-17-32(43-34)46-20-18-26-12-10-13-28(30(26)23-46)35(49)44-38-42-31-14-11-19-40-37(31)53-38/h10-14,16-17,19,22H,6-9,15,18,20-21,23-24H2,1-5H3,(H,45,50)(H,42,44,49). The van der Waals surface area contributed by atoms with Gasteiger partial charge in [-0.25, -0.2) is 15.0 Å². The molecule has 53 heavy (non-hydrogen) atoms. The fraction of sp³-hybridized carbons (Fsp3) is 0.410. The molecule has 14 heteroatoms. The van der Waals surface area contributed by atoms with Crippen molar-refractivity contribution in [2.24, 2.45) is 5.41 Å². The lowest BCUT2D eigenvalue weighted by atomic mass is 9.94. The number of amides is 2. The summed E-state index contributed by atoms with van der Waals surface area (Å²) in [6, 6.07) is 13.4. The lowest BCUT2D eigenvalue weighted by Gasteiger charge is -2.31. The van der Waals surface area contributed by atoms with Gasteiger partial charge in [0.15, 0.2) is 5.13 Å². The first kappa shape index (κ1) is 37.9. The van der Waals surface area contributed by atoms with Crippen LogP contribution in [0, 0.1) is 12.3 Å². The summed E-state index contributed by atoms with van der Waals surface area (Å²) in [6.45, 7) is 12.6. The second-order valence-corrected chi connectivity index (χ2v) is 16.1. The Kier molecular flexibility index (Phi) is 12.1. The SMILES string of the molecule is CCOC(=O)CCCCCSNC(=O)c1nc(N2CCc3cccc(C(=O)Nc4nc5cccnc5s4)c3C2)ccc1-c1cnn(CC(C)(C)C)c1C. The first-order valence-electron chi connectivity index (χ1n) is 18.0. The smallest absolute Gasteiger partial charge is 0.305 e. The average Bonchev–Trinajstić information content (AvgIpc) is 3.71. The number of carbonyl (C=O) groups excluding carboxylic acids is 3. The number of carbonyl (C=O) groups is 3. The zero-order valence-corrected chi connectivity index (χ0v) is 32.5. The minimum absolute atomic E-state index is 0.0230. The van der Waals surface area contributed by atoms with E-state index in [4.69, 9.17) is 9.72 Å². The Morgan fingerprint density at radius 3 is 2.64 bits per heavy atom. The number of fused-ring (bicyclic) bond motifs is 2. The van der Waals surface area contributed by atoms with E-state index in [2.05, 4.69) is 56.8 Å². The number of nitrogens with one attached hydrogen (secondary N) is 2. The van der Waals surface area contributed by atoms with Gasteiger partial charge in [-0.3, -0.25) is 29.1 Å². The van der Waals surface area contributed by atoms with Gasteiger partial charge in [0.1, 0.15) is 21.9 Å². The molecule has 0 atom stereocenters. The van der Waals surface area contributed by atoms with Crippen molar-refractivity contribution in [1.82, 2.24) is 29.5 Å². The van der Waals surface area contributed by atoms with E-state index in [0.717, 1.165) is 65.0 Å². The zero-order chi connectivity index (χ0) is 37.5. The molecular weight excluding hydrogens is 709 g/mol. The van der Waals surface area contributed by atoms with Gasteiger partial charge in [0, 0.05) is 60.4 Å². The number of hydrogen-bond donors (Lipinski definition) is 2. The summed E-state index contributed by atoms with van der Waals surface area (Å²) < 4.78 is 10.0. The van der Waals surface area contributed by atoms with Gasteiger partial charge in [-0.05, 0) is 80.0 Å². The van der Waals surface area contributed by atoms with Crippen LogP contribution in [0.3, 0.4) is 0 Å². The number of aromatic nitrogens is 5. The maximum absolute atomic E-state index is 13.9. The second kappa shape index (κ2) is 16.9. The number of thiazole rings is 1. The highest BCUT2D eigenvalue weighted by atomic mass is 32.2. The van der Waals surface area contributed by atoms with Gasteiger partial charge < -0.3 is 9.64 Å². The third-order valence-corrected chi connectivity index (χ3v) is 10.7. The van der Waals surface area contributed by atoms with Crippen LogP contribution in [0.1, 0.15) is 91.0 Å². The highest BCUT2D eigenvalue weighted by Crippen LogP contribution is 2.33. The molecule has 1 aliphatic rings. The quantitative estimate of drug-likeness (QED) is 0.0660. The van der Waals surface area contributed by atoms with Crippen molar-refractivity contribution >= 4 is 62.4 Å². The molecule has 1 aliphatic heterocycles. The van der Waals surface area contributed by atoms with E-state index in [0.29, 0.717) is 59.6 Å².